The van der Waals surface area contributed by atoms with Gasteiger partial charge in [0.1, 0.15) is 0 Å². The van der Waals surface area contributed by atoms with E-state index in [9.17, 15) is 0 Å². The van der Waals surface area contributed by atoms with E-state index >= 15 is 0 Å². The van der Waals surface area contributed by atoms with E-state index in [1.807, 2.05) is 18.2 Å². The van der Waals surface area contributed by atoms with Crippen molar-refractivity contribution in [2.24, 2.45) is 0 Å². The van der Waals surface area contributed by atoms with Gasteiger partial charge in [-0.1, -0.05) is 29.8 Å². The van der Waals surface area contributed by atoms with Crippen LogP contribution in [0.3, 0.4) is 0 Å². The molecule has 0 bridgehead atoms. The van der Waals surface area contributed by atoms with E-state index in [1.54, 1.807) is 0 Å². The van der Waals surface area contributed by atoms with Crippen LogP contribution >= 0.6 is 11.6 Å². The Morgan fingerprint density at radius 3 is 2.57 bits per heavy atom. The average molecular weight is 301 g/mol. The number of aryl methyl sites for hydroxylation is 1. The molecule has 0 unspecified atom stereocenters. The van der Waals surface area contributed by atoms with E-state index in [0.29, 0.717) is 0 Å². The van der Waals surface area contributed by atoms with Gasteiger partial charge < -0.3 is 10.2 Å². The van der Waals surface area contributed by atoms with Crippen LogP contribution in [0.25, 0.3) is 0 Å². The fraction of sp³-hybridized carbons (Fsp3) is 0.333. The lowest BCUT2D eigenvalue weighted by molar-refractivity contribution is 0.949. The van der Waals surface area contributed by atoms with Gasteiger partial charge in [0.2, 0.25) is 0 Å². The van der Waals surface area contributed by atoms with Gasteiger partial charge >= 0.3 is 0 Å². The molecule has 0 aliphatic carbocycles. The number of anilines is 2. The summed E-state index contributed by atoms with van der Waals surface area (Å²) in [6.07, 6.45) is 2.62. The van der Waals surface area contributed by atoms with Gasteiger partial charge in [0.05, 0.1) is 0 Å². The summed E-state index contributed by atoms with van der Waals surface area (Å²) in [5.41, 5.74) is 4.93. The zero-order valence-electron chi connectivity index (χ0n) is 12.4. The molecule has 3 heteroatoms. The van der Waals surface area contributed by atoms with Crippen LogP contribution in [0.15, 0.2) is 42.5 Å². The summed E-state index contributed by atoms with van der Waals surface area (Å²) in [6, 6.07) is 14.6. The highest BCUT2D eigenvalue weighted by atomic mass is 35.5. The molecular weight excluding hydrogens is 280 g/mol. The van der Waals surface area contributed by atoms with E-state index in [2.05, 4.69) is 41.4 Å². The molecule has 1 N–H and O–H groups in total. The minimum Gasteiger partial charge on any atom is -0.381 e. The Balaban J connectivity index is 1.70. The summed E-state index contributed by atoms with van der Waals surface area (Å²) in [5.74, 6) is 0. The van der Waals surface area contributed by atoms with Crippen LogP contribution in [0, 0.1) is 6.92 Å². The molecule has 0 amide bonds. The van der Waals surface area contributed by atoms with Gasteiger partial charge in [-0.15, -0.1) is 0 Å². The Morgan fingerprint density at radius 2 is 1.86 bits per heavy atom. The topological polar surface area (TPSA) is 15.3 Å². The first-order valence-electron chi connectivity index (χ1n) is 7.57. The molecule has 2 aromatic carbocycles. The number of halogens is 1. The lowest BCUT2D eigenvalue weighted by atomic mass is 10.1. The molecule has 1 saturated heterocycles. The predicted molar refractivity (Wildman–Crippen MR) is 91.4 cm³/mol. The second kappa shape index (κ2) is 6.40. The molecule has 0 saturated carbocycles. The molecule has 110 valence electrons. The normalized spacial score (nSPS) is 14.5. The standard InChI is InChI=1S/C18H21ClN2/c1-14-12-16(21-10-4-5-11-21)8-9-18(14)20-13-15-6-2-3-7-17(15)19/h2-3,6-9,12,20H,4-5,10-11,13H2,1H3. The van der Waals surface area contributed by atoms with Crippen molar-refractivity contribution in [3.05, 3.63) is 58.6 Å². The zero-order chi connectivity index (χ0) is 14.7. The molecule has 2 nitrogen and oxygen atoms in total. The van der Waals surface area contributed by atoms with E-state index < -0.39 is 0 Å². The fourth-order valence-electron chi connectivity index (χ4n) is 2.85. The van der Waals surface area contributed by atoms with Crippen molar-refractivity contribution in [1.29, 1.82) is 0 Å². The molecule has 1 aliphatic rings. The van der Waals surface area contributed by atoms with Crippen LogP contribution in [0.2, 0.25) is 5.02 Å². The van der Waals surface area contributed by atoms with Crippen LogP contribution in [0.4, 0.5) is 11.4 Å². The summed E-state index contributed by atoms with van der Waals surface area (Å²) < 4.78 is 0. The monoisotopic (exact) mass is 300 g/mol. The first-order chi connectivity index (χ1) is 10.2. The van der Waals surface area contributed by atoms with E-state index in [-0.39, 0.29) is 0 Å². The number of benzene rings is 2. The van der Waals surface area contributed by atoms with Crippen molar-refractivity contribution in [2.75, 3.05) is 23.3 Å². The number of hydrogen-bond donors (Lipinski definition) is 1. The first kappa shape index (κ1) is 14.3. The summed E-state index contributed by atoms with van der Waals surface area (Å²) in [7, 11) is 0. The predicted octanol–water partition coefficient (Wildman–Crippen LogP) is 4.86. The van der Waals surface area contributed by atoms with E-state index in [0.717, 1.165) is 17.1 Å². The van der Waals surface area contributed by atoms with Crippen molar-refractivity contribution in [2.45, 2.75) is 26.3 Å². The molecule has 21 heavy (non-hydrogen) atoms. The van der Waals surface area contributed by atoms with Gasteiger partial charge in [0.25, 0.3) is 0 Å². The Kier molecular flexibility index (Phi) is 4.35. The average Bonchev–Trinajstić information content (AvgIpc) is 3.02. The maximum atomic E-state index is 6.19. The first-order valence-corrected chi connectivity index (χ1v) is 7.95. The minimum atomic E-state index is 0.754. The van der Waals surface area contributed by atoms with Crippen LogP contribution in [0.1, 0.15) is 24.0 Å². The maximum absolute atomic E-state index is 6.19. The third-order valence-corrected chi connectivity index (χ3v) is 4.48. The second-order valence-electron chi connectivity index (χ2n) is 5.64. The molecule has 0 atom stereocenters. The lowest BCUT2D eigenvalue weighted by Gasteiger charge is -2.19. The van der Waals surface area contributed by atoms with Crippen molar-refractivity contribution in [3.63, 3.8) is 0 Å². The highest BCUT2D eigenvalue weighted by molar-refractivity contribution is 6.31. The summed E-state index contributed by atoms with van der Waals surface area (Å²) >= 11 is 6.19. The Labute approximate surface area is 131 Å². The third kappa shape index (κ3) is 3.33. The van der Waals surface area contributed by atoms with Crippen LogP contribution in [-0.2, 0) is 6.54 Å². The van der Waals surface area contributed by atoms with Crippen molar-refractivity contribution >= 4 is 23.0 Å². The largest absolute Gasteiger partial charge is 0.381 e. The van der Waals surface area contributed by atoms with Gasteiger partial charge in [-0.3, -0.25) is 0 Å². The van der Waals surface area contributed by atoms with Crippen LogP contribution in [0.5, 0.6) is 0 Å². The van der Waals surface area contributed by atoms with Crippen molar-refractivity contribution in [1.82, 2.24) is 0 Å². The number of nitrogens with zero attached hydrogens (tertiary/aromatic N) is 1. The molecule has 3 rings (SSSR count). The molecule has 1 heterocycles. The molecular formula is C18H21ClN2. The summed E-state index contributed by atoms with van der Waals surface area (Å²) in [5, 5.41) is 4.30. The maximum Gasteiger partial charge on any atom is 0.0455 e. The van der Waals surface area contributed by atoms with Crippen molar-refractivity contribution in [3.8, 4) is 0 Å². The van der Waals surface area contributed by atoms with Gasteiger partial charge in [0.15, 0.2) is 0 Å². The lowest BCUT2D eigenvalue weighted by Crippen LogP contribution is -2.17. The number of nitrogens with one attached hydrogen (secondary N) is 1. The number of hydrogen-bond acceptors (Lipinski definition) is 2. The third-order valence-electron chi connectivity index (χ3n) is 4.11. The molecule has 1 aliphatic heterocycles. The minimum absolute atomic E-state index is 0.754. The van der Waals surface area contributed by atoms with Crippen molar-refractivity contribution < 1.29 is 0 Å². The fourth-order valence-corrected chi connectivity index (χ4v) is 3.05. The molecule has 2 aromatic rings. The molecule has 0 spiro atoms. The second-order valence-corrected chi connectivity index (χ2v) is 6.05. The molecule has 0 aromatic heterocycles. The summed E-state index contributed by atoms with van der Waals surface area (Å²) in [4.78, 5) is 2.46. The highest BCUT2D eigenvalue weighted by Gasteiger charge is 2.13. The van der Waals surface area contributed by atoms with Gasteiger partial charge in [-0.25, -0.2) is 0 Å². The van der Waals surface area contributed by atoms with Gasteiger partial charge in [0, 0.05) is 36.0 Å². The molecule has 1 fully saturated rings. The van der Waals surface area contributed by atoms with E-state index in [4.69, 9.17) is 11.6 Å². The Hall–Kier alpha value is -1.67. The van der Waals surface area contributed by atoms with Gasteiger partial charge in [-0.05, 0) is 55.2 Å². The summed E-state index contributed by atoms with van der Waals surface area (Å²) in [6.45, 7) is 5.29. The number of rotatable bonds is 4. The SMILES string of the molecule is Cc1cc(N2CCCC2)ccc1NCc1ccccc1Cl. The Morgan fingerprint density at radius 1 is 1.10 bits per heavy atom. The Bertz CT molecular complexity index is 618. The van der Waals surface area contributed by atoms with E-state index in [1.165, 1.54) is 42.9 Å². The quantitative estimate of drug-likeness (QED) is 0.867. The molecule has 0 radical (unpaired) electrons. The van der Waals surface area contributed by atoms with Crippen LogP contribution in [-0.4, -0.2) is 13.1 Å². The van der Waals surface area contributed by atoms with Gasteiger partial charge in [-0.2, -0.15) is 0 Å². The zero-order valence-corrected chi connectivity index (χ0v) is 13.2. The smallest absolute Gasteiger partial charge is 0.0455 e. The highest BCUT2D eigenvalue weighted by Crippen LogP contribution is 2.26. The van der Waals surface area contributed by atoms with Crippen LogP contribution < -0.4 is 10.2 Å².